The number of thioether (sulfide) groups is 1. The molecule has 1 aromatic heterocycles. The Balaban J connectivity index is 1.65. The largest absolute Gasteiger partial charge is 0.357 e. The van der Waals surface area contributed by atoms with Gasteiger partial charge in [0, 0.05) is 31.1 Å². The Morgan fingerprint density at radius 2 is 2.00 bits per heavy atom. The fourth-order valence-electron chi connectivity index (χ4n) is 3.11. The maximum absolute atomic E-state index is 12.9. The number of piperidine rings is 1. The zero-order valence-electron chi connectivity index (χ0n) is 14.9. The van der Waals surface area contributed by atoms with Crippen LogP contribution < -0.4 is 5.32 Å². The third-order valence-electron chi connectivity index (χ3n) is 4.54. The van der Waals surface area contributed by atoms with Crippen LogP contribution in [0.3, 0.4) is 0 Å². The second kappa shape index (κ2) is 8.85. The van der Waals surface area contributed by atoms with Crippen LogP contribution in [0.4, 0.5) is 0 Å². The molecule has 6 heteroatoms. The van der Waals surface area contributed by atoms with E-state index in [1.54, 1.807) is 29.9 Å². The van der Waals surface area contributed by atoms with Crippen molar-refractivity contribution < 1.29 is 9.59 Å². The molecule has 0 unspecified atom stereocenters. The lowest BCUT2D eigenvalue weighted by molar-refractivity contribution is -0.126. The lowest BCUT2D eigenvalue weighted by atomic mass is 10.00. The molecule has 136 valence electrons. The molecule has 1 saturated heterocycles. The normalized spacial score (nSPS) is 17.0. The maximum Gasteiger partial charge on any atom is 0.254 e. The molecule has 1 aromatic carbocycles. The Morgan fingerprint density at radius 3 is 2.69 bits per heavy atom. The van der Waals surface area contributed by atoms with Gasteiger partial charge in [-0.1, -0.05) is 18.2 Å². The number of likely N-dealkylation sites (N-methyl/N-ethyl adjacent to an activating group) is 1. The predicted molar refractivity (Wildman–Crippen MR) is 103 cm³/mol. The minimum Gasteiger partial charge on any atom is -0.357 e. The van der Waals surface area contributed by atoms with Gasteiger partial charge in [-0.3, -0.25) is 9.59 Å². The number of hydrogen-bond acceptors (Lipinski definition) is 4. The first-order chi connectivity index (χ1) is 12.7. The number of nitrogens with zero attached hydrogens (tertiary/aromatic N) is 2. The van der Waals surface area contributed by atoms with E-state index in [9.17, 15) is 9.59 Å². The highest BCUT2D eigenvalue weighted by Gasteiger charge is 2.31. The summed E-state index contributed by atoms with van der Waals surface area (Å²) in [4.78, 5) is 30.9. The van der Waals surface area contributed by atoms with Crippen LogP contribution in [0, 0.1) is 0 Å². The van der Waals surface area contributed by atoms with Crippen molar-refractivity contribution in [3.63, 3.8) is 0 Å². The summed E-state index contributed by atoms with van der Waals surface area (Å²) in [6.07, 6.45) is 4.43. The zero-order chi connectivity index (χ0) is 18.4. The van der Waals surface area contributed by atoms with Gasteiger partial charge < -0.3 is 10.2 Å². The van der Waals surface area contributed by atoms with Crippen LogP contribution in [-0.4, -0.2) is 41.3 Å². The summed E-state index contributed by atoms with van der Waals surface area (Å²) in [7, 11) is 1.62. The van der Waals surface area contributed by atoms with Gasteiger partial charge in [-0.05, 0) is 49.1 Å². The van der Waals surface area contributed by atoms with Crippen LogP contribution in [0.2, 0.25) is 0 Å². The number of benzene rings is 1. The van der Waals surface area contributed by atoms with Crippen LogP contribution in [-0.2, 0) is 10.5 Å². The van der Waals surface area contributed by atoms with Gasteiger partial charge in [-0.2, -0.15) is 0 Å². The molecule has 0 radical (unpaired) electrons. The third-order valence-corrected chi connectivity index (χ3v) is 5.55. The highest BCUT2D eigenvalue weighted by Crippen LogP contribution is 2.23. The van der Waals surface area contributed by atoms with Crippen molar-refractivity contribution in [3.8, 4) is 0 Å². The number of rotatable bonds is 5. The first kappa shape index (κ1) is 18.5. The van der Waals surface area contributed by atoms with Crippen molar-refractivity contribution >= 4 is 23.6 Å². The number of pyridine rings is 1. The number of hydrogen-bond donors (Lipinski definition) is 1. The van der Waals surface area contributed by atoms with Crippen molar-refractivity contribution in [2.75, 3.05) is 13.6 Å². The van der Waals surface area contributed by atoms with Crippen molar-refractivity contribution in [1.29, 1.82) is 0 Å². The van der Waals surface area contributed by atoms with Crippen LogP contribution in [0.1, 0.15) is 35.2 Å². The highest BCUT2D eigenvalue weighted by molar-refractivity contribution is 7.98. The summed E-state index contributed by atoms with van der Waals surface area (Å²) in [5.74, 6) is 0.652. The molecule has 0 spiro atoms. The van der Waals surface area contributed by atoms with Gasteiger partial charge in [0.05, 0.1) is 5.03 Å². The van der Waals surface area contributed by atoms with Gasteiger partial charge in [-0.15, -0.1) is 11.8 Å². The SMILES string of the molecule is CNC(=O)[C@H]1CCCCN1C(=O)c1ccc(CSc2ccccn2)cc1. The van der Waals surface area contributed by atoms with Gasteiger partial charge >= 0.3 is 0 Å². The number of aromatic nitrogens is 1. The molecule has 1 fully saturated rings. The van der Waals surface area contributed by atoms with E-state index in [-0.39, 0.29) is 17.9 Å². The molecule has 1 N–H and O–H groups in total. The fraction of sp³-hybridized carbons (Fsp3) is 0.350. The Labute approximate surface area is 158 Å². The molecule has 1 aliphatic heterocycles. The minimum absolute atomic E-state index is 0.0674. The van der Waals surface area contributed by atoms with Crippen molar-refractivity contribution in [2.24, 2.45) is 0 Å². The Morgan fingerprint density at radius 1 is 1.19 bits per heavy atom. The van der Waals surface area contributed by atoms with Crippen molar-refractivity contribution in [1.82, 2.24) is 15.2 Å². The molecule has 1 aliphatic rings. The first-order valence-electron chi connectivity index (χ1n) is 8.84. The van der Waals surface area contributed by atoms with E-state index >= 15 is 0 Å². The second-order valence-corrected chi connectivity index (χ2v) is 7.27. The molecule has 1 atom stereocenters. The summed E-state index contributed by atoms with van der Waals surface area (Å²) < 4.78 is 0. The Kier molecular flexibility index (Phi) is 6.28. The molecule has 5 nitrogen and oxygen atoms in total. The van der Waals surface area contributed by atoms with Gasteiger partial charge in [0.25, 0.3) is 5.91 Å². The van der Waals surface area contributed by atoms with Crippen LogP contribution in [0.5, 0.6) is 0 Å². The van der Waals surface area contributed by atoms with Crippen molar-refractivity contribution in [2.45, 2.75) is 36.1 Å². The van der Waals surface area contributed by atoms with E-state index in [0.29, 0.717) is 12.1 Å². The molecular formula is C20H23N3O2S. The van der Waals surface area contributed by atoms with Crippen LogP contribution in [0.15, 0.2) is 53.7 Å². The Bertz CT molecular complexity index is 749. The van der Waals surface area contributed by atoms with E-state index < -0.39 is 0 Å². The lowest BCUT2D eigenvalue weighted by Gasteiger charge is -2.34. The summed E-state index contributed by atoms with van der Waals surface area (Å²) >= 11 is 1.66. The van der Waals surface area contributed by atoms with Gasteiger partial charge in [0.1, 0.15) is 6.04 Å². The molecule has 0 saturated carbocycles. The summed E-state index contributed by atoms with van der Waals surface area (Å²) in [6, 6.07) is 13.1. The quantitative estimate of drug-likeness (QED) is 0.823. The van der Waals surface area contributed by atoms with E-state index in [4.69, 9.17) is 0 Å². The maximum atomic E-state index is 12.9. The minimum atomic E-state index is -0.361. The van der Waals surface area contributed by atoms with Gasteiger partial charge in [0.2, 0.25) is 5.91 Å². The van der Waals surface area contributed by atoms with Gasteiger partial charge in [-0.25, -0.2) is 4.98 Å². The highest BCUT2D eigenvalue weighted by atomic mass is 32.2. The monoisotopic (exact) mass is 369 g/mol. The molecule has 2 amide bonds. The van der Waals surface area contributed by atoms with Crippen LogP contribution in [0.25, 0.3) is 0 Å². The van der Waals surface area contributed by atoms with E-state index in [2.05, 4.69) is 10.3 Å². The van der Waals surface area contributed by atoms with Crippen LogP contribution >= 0.6 is 11.8 Å². The number of nitrogens with one attached hydrogen (secondary N) is 1. The molecule has 2 heterocycles. The van der Waals surface area contributed by atoms with E-state index in [0.717, 1.165) is 35.6 Å². The summed E-state index contributed by atoms with van der Waals surface area (Å²) in [5, 5.41) is 3.65. The first-order valence-corrected chi connectivity index (χ1v) is 9.83. The average molecular weight is 369 g/mol. The third kappa shape index (κ3) is 4.43. The number of likely N-dealkylation sites (tertiary alicyclic amines) is 1. The number of amides is 2. The lowest BCUT2D eigenvalue weighted by Crippen LogP contribution is -2.51. The number of carbonyl (C=O) groups is 2. The standard InChI is InChI=1S/C20H23N3O2S/c1-21-19(24)17-6-3-5-13-23(17)20(25)16-10-8-15(9-11-16)14-26-18-7-2-4-12-22-18/h2,4,7-12,17H,3,5-6,13-14H2,1H3,(H,21,24)/t17-/m1/s1. The smallest absolute Gasteiger partial charge is 0.254 e. The molecular weight excluding hydrogens is 346 g/mol. The molecule has 2 aromatic rings. The molecule has 0 aliphatic carbocycles. The van der Waals surface area contributed by atoms with E-state index in [1.807, 2.05) is 42.5 Å². The Hall–Kier alpha value is -2.34. The van der Waals surface area contributed by atoms with E-state index in [1.165, 1.54) is 0 Å². The van der Waals surface area contributed by atoms with Crippen molar-refractivity contribution in [3.05, 3.63) is 59.8 Å². The molecule has 26 heavy (non-hydrogen) atoms. The fourth-order valence-corrected chi connectivity index (χ4v) is 3.93. The van der Waals surface area contributed by atoms with Gasteiger partial charge in [0.15, 0.2) is 0 Å². The molecule has 0 bridgehead atoms. The zero-order valence-corrected chi connectivity index (χ0v) is 15.7. The molecule has 3 rings (SSSR count). The average Bonchev–Trinajstić information content (AvgIpc) is 2.72. The topological polar surface area (TPSA) is 62.3 Å². The number of carbonyl (C=O) groups excluding carboxylic acids is 2. The summed E-state index contributed by atoms with van der Waals surface area (Å²) in [5.41, 5.74) is 1.77. The summed E-state index contributed by atoms with van der Waals surface area (Å²) in [6.45, 7) is 0.633. The predicted octanol–water partition coefficient (Wildman–Crippen LogP) is 3.11. The second-order valence-electron chi connectivity index (χ2n) is 6.28.